The molecule has 1 aromatic rings. The second kappa shape index (κ2) is 3.91. The van der Waals surface area contributed by atoms with Crippen LogP contribution in [0.1, 0.15) is 0 Å². The van der Waals surface area contributed by atoms with E-state index in [-0.39, 0.29) is 14.8 Å². The fourth-order valence-corrected chi connectivity index (χ4v) is 2.99. The molecular weight excluding hydrogens is 285 g/mol. The molecule has 0 unspecified atom stereocenters. The molecule has 0 aliphatic heterocycles. The lowest BCUT2D eigenvalue weighted by atomic mass is 10.4. The highest BCUT2D eigenvalue weighted by Crippen LogP contribution is 2.26. The Morgan fingerprint density at radius 2 is 1.67 bits per heavy atom. The average Bonchev–Trinajstić information content (AvgIpc) is 1.99. The van der Waals surface area contributed by atoms with Crippen LogP contribution >= 0.6 is 22.3 Å². The maximum Gasteiger partial charge on any atom is 0.262 e. The molecule has 9 heteroatoms. The van der Waals surface area contributed by atoms with Gasteiger partial charge in [-0.3, -0.25) is 0 Å². The summed E-state index contributed by atoms with van der Waals surface area (Å²) < 4.78 is 43.6. The molecular formula is C6H5Cl2NO4S2. The Morgan fingerprint density at radius 1 is 1.13 bits per heavy atom. The van der Waals surface area contributed by atoms with E-state index in [2.05, 4.69) is 0 Å². The summed E-state index contributed by atoms with van der Waals surface area (Å²) in [6.07, 6.45) is 0. The SMILES string of the molecule is NS(=O)(=O)c1ccc(S(=O)(=O)Cl)c(Cl)c1. The quantitative estimate of drug-likeness (QED) is 0.819. The summed E-state index contributed by atoms with van der Waals surface area (Å²) in [7, 11) is -2.86. The molecule has 0 spiro atoms. The molecule has 84 valence electrons. The fourth-order valence-electron chi connectivity index (χ4n) is 0.856. The zero-order chi connectivity index (χ0) is 11.9. The molecule has 2 N–H and O–H groups in total. The third kappa shape index (κ3) is 3.05. The van der Waals surface area contributed by atoms with Crippen LogP contribution in [0.15, 0.2) is 28.0 Å². The number of primary sulfonamides is 1. The Labute approximate surface area is 96.3 Å². The number of hydrogen-bond donors (Lipinski definition) is 1. The first-order valence-corrected chi connectivity index (χ1v) is 7.63. The highest BCUT2D eigenvalue weighted by atomic mass is 35.7. The largest absolute Gasteiger partial charge is 0.262 e. The van der Waals surface area contributed by atoms with Crippen molar-refractivity contribution in [1.82, 2.24) is 0 Å². The minimum atomic E-state index is -3.99. The molecule has 1 rings (SSSR count). The van der Waals surface area contributed by atoms with E-state index < -0.39 is 19.1 Å². The summed E-state index contributed by atoms with van der Waals surface area (Å²) in [6.45, 7) is 0. The van der Waals surface area contributed by atoms with E-state index >= 15 is 0 Å². The first-order chi connectivity index (χ1) is 6.62. The summed E-state index contributed by atoms with van der Waals surface area (Å²) in [6, 6.07) is 2.91. The molecule has 0 radical (unpaired) electrons. The first kappa shape index (κ1) is 12.7. The van der Waals surface area contributed by atoms with Crippen LogP contribution in [-0.4, -0.2) is 16.8 Å². The Morgan fingerprint density at radius 3 is 2.00 bits per heavy atom. The van der Waals surface area contributed by atoms with Gasteiger partial charge in [-0.25, -0.2) is 22.0 Å². The molecule has 0 saturated heterocycles. The summed E-state index contributed by atoms with van der Waals surface area (Å²) >= 11 is 5.54. The third-order valence-corrected chi connectivity index (χ3v) is 4.21. The maximum atomic E-state index is 10.9. The van der Waals surface area contributed by atoms with Gasteiger partial charge in [-0.15, -0.1) is 0 Å². The standard InChI is InChI=1S/C6H5Cl2NO4S2/c7-5-3-4(15(9,12)13)1-2-6(5)14(8,10)11/h1-3H,(H2,9,12,13). The average molecular weight is 290 g/mol. The van der Waals surface area contributed by atoms with Crippen LogP contribution in [0.25, 0.3) is 0 Å². The normalized spacial score (nSPS) is 12.7. The van der Waals surface area contributed by atoms with Gasteiger partial charge in [0.15, 0.2) is 0 Å². The van der Waals surface area contributed by atoms with E-state index in [4.69, 9.17) is 27.4 Å². The van der Waals surface area contributed by atoms with E-state index in [0.717, 1.165) is 18.2 Å². The van der Waals surface area contributed by atoms with Crippen LogP contribution in [0.3, 0.4) is 0 Å². The van der Waals surface area contributed by atoms with Crippen molar-refractivity contribution in [1.29, 1.82) is 0 Å². The van der Waals surface area contributed by atoms with Gasteiger partial charge in [0.05, 0.1) is 9.92 Å². The van der Waals surface area contributed by atoms with Crippen molar-refractivity contribution in [3.8, 4) is 0 Å². The topological polar surface area (TPSA) is 94.3 Å². The van der Waals surface area contributed by atoms with Gasteiger partial charge in [0, 0.05) is 10.7 Å². The van der Waals surface area contributed by atoms with E-state index in [1.165, 1.54) is 0 Å². The molecule has 0 bridgehead atoms. The van der Waals surface area contributed by atoms with Gasteiger partial charge in [-0.1, -0.05) is 11.6 Å². The van der Waals surface area contributed by atoms with E-state index in [1.807, 2.05) is 0 Å². The van der Waals surface area contributed by atoms with Gasteiger partial charge in [0.1, 0.15) is 4.90 Å². The van der Waals surface area contributed by atoms with Gasteiger partial charge in [0.25, 0.3) is 9.05 Å². The highest BCUT2D eigenvalue weighted by molar-refractivity contribution is 8.13. The van der Waals surface area contributed by atoms with Crippen LogP contribution in [0.5, 0.6) is 0 Å². The molecule has 0 aliphatic rings. The molecule has 15 heavy (non-hydrogen) atoms. The lowest BCUT2D eigenvalue weighted by Gasteiger charge is -2.02. The van der Waals surface area contributed by atoms with Crippen molar-refractivity contribution in [2.24, 2.45) is 5.14 Å². The fraction of sp³-hybridized carbons (Fsp3) is 0. The van der Waals surface area contributed by atoms with Gasteiger partial charge >= 0.3 is 0 Å². The maximum absolute atomic E-state index is 10.9. The molecule has 0 aliphatic carbocycles. The van der Waals surface area contributed by atoms with Crippen molar-refractivity contribution in [2.45, 2.75) is 9.79 Å². The predicted octanol–water partition coefficient (Wildman–Crippen LogP) is 0.915. The predicted molar refractivity (Wildman–Crippen MR) is 55.9 cm³/mol. The number of rotatable bonds is 2. The van der Waals surface area contributed by atoms with Gasteiger partial charge in [-0.05, 0) is 18.2 Å². The van der Waals surface area contributed by atoms with Crippen molar-refractivity contribution in [2.75, 3.05) is 0 Å². The zero-order valence-corrected chi connectivity index (χ0v) is 10.2. The van der Waals surface area contributed by atoms with E-state index in [0.29, 0.717) is 0 Å². The summed E-state index contributed by atoms with van der Waals surface area (Å²) in [5, 5.41) is 4.52. The van der Waals surface area contributed by atoms with E-state index in [9.17, 15) is 16.8 Å². The molecule has 0 amide bonds. The lowest BCUT2D eigenvalue weighted by Crippen LogP contribution is -2.12. The second-order valence-corrected chi connectivity index (χ2v) is 7.08. The Balaban J connectivity index is 3.47. The van der Waals surface area contributed by atoms with E-state index in [1.54, 1.807) is 0 Å². The summed E-state index contributed by atoms with van der Waals surface area (Å²) in [4.78, 5) is -0.644. The molecule has 5 nitrogen and oxygen atoms in total. The Bertz CT molecular complexity index is 594. The summed E-state index contributed by atoms with van der Waals surface area (Å²) in [5.74, 6) is 0. The van der Waals surface area contributed by atoms with Gasteiger partial charge in [0.2, 0.25) is 10.0 Å². The zero-order valence-electron chi connectivity index (χ0n) is 7.01. The smallest absolute Gasteiger partial charge is 0.225 e. The second-order valence-electron chi connectivity index (χ2n) is 2.58. The molecule has 0 atom stereocenters. The lowest BCUT2D eigenvalue weighted by molar-refractivity contribution is 0.596. The van der Waals surface area contributed by atoms with Crippen LogP contribution in [-0.2, 0) is 19.1 Å². The molecule has 1 aromatic carbocycles. The van der Waals surface area contributed by atoms with Crippen molar-refractivity contribution >= 4 is 41.4 Å². The number of sulfonamides is 1. The molecule has 0 fully saturated rings. The van der Waals surface area contributed by atoms with Gasteiger partial charge < -0.3 is 0 Å². The number of hydrogen-bond acceptors (Lipinski definition) is 4. The third-order valence-electron chi connectivity index (χ3n) is 1.49. The van der Waals surface area contributed by atoms with Crippen LogP contribution in [0, 0.1) is 0 Å². The van der Waals surface area contributed by atoms with Crippen LogP contribution in [0.2, 0.25) is 5.02 Å². The van der Waals surface area contributed by atoms with Crippen molar-refractivity contribution in [3.05, 3.63) is 23.2 Å². The monoisotopic (exact) mass is 289 g/mol. The summed E-state index contributed by atoms with van der Waals surface area (Å²) in [5.41, 5.74) is 0. The van der Waals surface area contributed by atoms with Gasteiger partial charge in [-0.2, -0.15) is 0 Å². The Kier molecular flexibility index (Phi) is 3.32. The van der Waals surface area contributed by atoms with Crippen LogP contribution in [0.4, 0.5) is 0 Å². The first-order valence-electron chi connectivity index (χ1n) is 3.39. The molecule has 0 saturated carbocycles. The molecule has 0 aromatic heterocycles. The minimum absolute atomic E-state index is 0.281. The minimum Gasteiger partial charge on any atom is -0.225 e. The molecule has 0 heterocycles. The number of nitrogens with two attached hydrogens (primary N) is 1. The van der Waals surface area contributed by atoms with Crippen molar-refractivity contribution in [3.63, 3.8) is 0 Å². The Hall–Kier alpha value is -0.340. The number of halogens is 2. The highest BCUT2D eigenvalue weighted by Gasteiger charge is 2.17. The number of benzene rings is 1. The van der Waals surface area contributed by atoms with Crippen LogP contribution < -0.4 is 5.14 Å². The van der Waals surface area contributed by atoms with Crippen molar-refractivity contribution < 1.29 is 16.8 Å².